The number of anilines is 1. The number of pyridine rings is 1. The van der Waals surface area contributed by atoms with E-state index >= 15 is 0 Å². The molecule has 1 aromatic carbocycles. The van der Waals surface area contributed by atoms with Crippen molar-refractivity contribution in [2.75, 3.05) is 31.1 Å². The predicted octanol–water partition coefficient (Wildman–Crippen LogP) is 3.88. The molecule has 0 aliphatic carbocycles. The number of carbonyl (C=O) groups is 1. The lowest BCUT2D eigenvalue weighted by Gasteiger charge is -2.32. The summed E-state index contributed by atoms with van der Waals surface area (Å²) in [6, 6.07) is 11.9. The zero-order valence-electron chi connectivity index (χ0n) is 17.7. The highest BCUT2D eigenvalue weighted by molar-refractivity contribution is 5.94. The van der Waals surface area contributed by atoms with Gasteiger partial charge in [-0.2, -0.15) is 5.10 Å². The SMILES string of the molecule is O=C(c1ccc(N2CCCCC2)cc1)N1CCCC(c2nc(-c3ccncc3)n[nH]2)C1. The largest absolute Gasteiger partial charge is 0.372 e. The zero-order valence-corrected chi connectivity index (χ0v) is 17.7. The molecule has 1 atom stereocenters. The minimum atomic E-state index is 0.101. The van der Waals surface area contributed by atoms with Gasteiger partial charge in [0.25, 0.3) is 5.91 Å². The van der Waals surface area contributed by atoms with Crippen LogP contribution < -0.4 is 4.90 Å². The van der Waals surface area contributed by atoms with E-state index in [1.807, 2.05) is 29.2 Å². The maximum absolute atomic E-state index is 13.2. The van der Waals surface area contributed by atoms with Crippen molar-refractivity contribution in [3.05, 3.63) is 60.2 Å². The van der Waals surface area contributed by atoms with Gasteiger partial charge in [0.1, 0.15) is 5.82 Å². The van der Waals surface area contributed by atoms with E-state index in [1.165, 1.54) is 24.9 Å². The first-order chi connectivity index (χ1) is 15.3. The third-order valence-electron chi connectivity index (χ3n) is 6.37. The summed E-state index contributed by atoms with van der Waals surface area (Å²) in [4.78, 5) is 26.3. The Morgan fingerprint density at radius 3 is 2.48 bits per heavy atom. The average Bonchev–Trinajstić information content (AvgIpc) is 3.35. The number of likely N-dealkylation sites (tertiary alicyclic amines) is 1. The van der Waals surface area contributed by atoms with Crippen LogP contribution in [0.4, 0.5) is 5.69 Å². The zero-order chi connectivity index (χ0) is 21.0. The number of hydrogen-bond acceptors (Lipinski definition) is 5. The number of aromatic amines is 1. The van der Waals surface area contributed by atoms with E-state index < -0.39 is 0 Å². The molecule has 2 saturated heterocycles. The number of H-pyrrole nitrogens is 1. The van der Waals surface area contributed by atoms with Gasteiger partial charge in [0.15, 0.2) is 5.82 Å². The van der Waals surface area contributed by atoms with Crippen molar-refractivity contribution in [2.45, 2.75) is 38.0 Å². The smallest absolute Gasteiger partial charge is 0.253 e. The number of amides is 1. The third-order valence-corrected chi connectivity index (χ3v) is 6.37. The Hall–Kier alpha value is -3.22. The summed E-state index contributed by atoms with van der Waals surface area (Å²) in [6.07, 6.45) is 9.27. The number of nitrogens with zero attached hydrogens (tertiary/aromatic N) is 5. The lowest BCUT2D eigenvalue weighted by molar-refractivity contribution is 0.0704. The van der Waals surface area contributed by atoms with E-state index in [-0.39, 0.29) is 11.8 Å². The van der Waals surface area contributed by atoms with Crippen LogP contribution in [0.15, 0.2) is 48.8 Å². The lowest BCUT2D eigenvalue weighted by Crippen LogP contribution is -2.39. The second-order valence-corrected chi connectivity index (χ2v) is 8.47. The van der Waals surface area contributed by atoms with Crippen LogP contribution in [0.3, 0.4) is 0 Å². The van der Waals surface area contributed by atoms with Crippen LogP contribution in [0.25, 0.3) is 11.4 Å². The maximum Gasteiger partial charge on any atom is 0.253 e. The average molecular weight is 417 g/mol. The molecule has 2 aliphatic heterocycles. The van der Waals surface area contributed by atoms with Crippen LogP contribution in [0, 0.1) is 0 Å². The molecular weight excluding hydrogens is 388 g/mol. The fourth-order valence-corrected chi connectivity index (χ4v) is 4.62. The van der Waals surface area contributed by atoms with Crippen molar-refractivity contribution in [3.63, 3.8) is 0 Å². The fourth-order valence-electron chi connectivity index (χ4n) is 4.62. The molecule has 4 heterocycles. The number of nitrogens with one attached hydrogen (secondary N) is 1. The van der Waals surface area contributed by atoms with Gasteiger partial charge in [0.2, 0.25) is 0 Å². The number of carbonyl (C=O) groups excluding carboxylic acids is 1. The van der Waals surface area contributed by atoms with Gasteiger partial charge < -0.3 is 9.80 Å². The van der Waals surface area contributed by atoms with Crippen LogP contribution in [-0.2, 0) is 0 Å². The van der Waals surface area contributed by atoms with Crippen LogP contribution >= 0.6 is 0 Å². The molecule has 3 aromatic rings. The number of benzene rings is 1. The Morgan fingerprint density at radius 2 is 1.71 bits per heavy atom. The Morgan fingerprint density at radius 1 is 0.935 bits per heavy atom. The topological polar surface area (TPSA) is 78.0 Å². The van der Waals surface area contributed by atoms with E-state index in [0.717, 1.165) is 49.4 Å². The highest BCUT2D eigenvalue weighted by atomic mass is 16.2. The summed E-state index contributed by atoms with van der Waals surface area (Å²) in [7, 11) is 0. The minimum absolute atomic E-state index is 0.101. The number of hydrogen-bond donors (Lipinski definition) is 1. The first-order valence-electron chi connectivity index (χ1n) is 11.2. The molecule has 1 N–H and O–H groups in total. The van der Waals surface area contributed by atoms with E-state index in [1.54, 1.807) is 12.4 Å². The number of aromatic nitrogens is 4. The molecule has 31 heavy (non-hydrogen) atoms. The predicted molar refractivity (Wildman–Crippen MR) is 120 cm³/mol. The molecular formula is C24H28N6O. The van der Waals surface area contributed by atoms with E-state index in [0.29, 0.717) is 12.4 Å². The summed E-state index contributed by atoms with van der Waals surface area (Å²) in [5.74, 6) is 1.80. The van der Waals surface area contributed by atoms with E-state index in [4.69, 9.17) is 4.98 Å². The quantitative estimate of drug-likeness (QED) is 0.698. The Kier molecular flexibility index (Phi) is 5.65. The normalized spacial score (nSPS) is 19.4. The van der Waals surface area contributed by atoms with Crippen molar-refractivity contribution < 1.29 is 4.79 Å². The first-order valence-corrected chi connectivity index (χ1v) is 11.2. The molecule has 0 radical (unpaired) electrons. The molecule has 0 bridgehead atoms. The summed E-state index contributed by atoms with van der Waals surface area (Å²) in [6.45, 7) is 3.67. The molecule has 5 rings (SSSR count). The van der Waals surface area contributed by atoms with Crippen molar-refractivity contribution in [1.29, 1.82) is 0 Å². The summed E-state index contributed by atoms with van der Waals surface area (Å²) < 4.78 is 0. The summed E-state index contributed by atoms with van der Waals surface area (Å²) in [5.41, 5.74) is 2.92. The lowest BCUT2D eigenvalue weighted by atomic mass is 9.96. The standard InChI is InChI=1S/C24H28N6O/c31-24(19-6-8-21(9-7-19)29-14-2-1-3-15-29)30-16-4-5-20(17-30)23-26-22(27-28-23)18-10-12-25-13-11-18/h6-13,20H,1-5,14-17H2,(H,26,27,28). The van der Waals surface area contributed by atoms with Crippen molar-refractivity contribution in [1.82, 2.24) is 25.1 Å². The molecule has 7 nitrogen and oxygen atoms in total. The van der Waals surface area contributed by atoms with Crippen LogP contribution in [0.1, 0.15) is 54.2 Å². The first kappa shape index (κ1) is 19.7. The van der Waals surface area contributed by atoms with Crippen molar-refractivity contribution in [2.24, 2.45) is 0 Å². The van der Waals surface area contributed by atoms with Gasteiger partial charge in [-0.3, -0.25) is 14.9 Å². The van der Waals surface area contributed by atoms with Gasteiger partial charge in [-0.1, -0.05) is 0 Å². The minimum Gasteiger partial charge on any atom is -0.372 e. The molecule has 2 aliphatic rings. The molecule has 0 spiro atoms. The van der Waals surface area contributed by atoms with Gasteiger partial charge in [-0.05, 0) is 68.5 Å². The number of piperidine rings is 2. The number of rotatable bonds is 4. The van der Waals surface area contributed by atoms with Gasteiger partial charge in [0.05, 0.1) is 0 Å². The highest BCUT2D eigenvalue weighted by Crippen LogP contribution is 2.27. The summed E-state index contributed by atoms with van der Waals surface area (Å²) >= 11 is 0. The van der Waals surface area contributed by atoms with Crippen molar-refractivity contribution >= 4 is 11.6 Å². The van der Waals surface area contributed by atoms with E-state index in [9.17, 15) is 4.79 Å². The summed E-state index contributed by atoms with van der Waals surface area (Å²) in [5, 5.41) is 7.46. The molecule has 160 valence electrons. The van der Waals surface area contributed by atoms with Gasteiger partial charge in [-0.15, -0.1) is 0 Å². The fraction of sp³-hybridized carbons (Fsp3) is 0.417. The molecule has 1 unspecified atom stereocenters. The third kappa shape index (κ3) is 4.31. The molecule has 2 fully saturated rings. The van der Waals surface area contributed by atoms with Gasteiger partial charge in [-0.25, -0.2) is 4.98 Å². The second-order valence-electron chi connectivity index (χ2n) is 8.47. The Labute approximate surface area is 182 Å². The Bertz CT molecular complexity index is 1010. The van der Waals surface area contributed by atoms with Crippen LogP contribution in [0.2, 0.25) is 0 Å². The van der Waals surface area contributed by atoms with Gasteiger partial charge >= 0.3 is 0 Å². The highest BCUT2D eigenvalue weighted by Gasteiger charge is 2.28. The monoisotopic (exact) mass is 416 g/mol. The van der Waals surface area contributed by atoms with Crippen molar-refractivity contribution in [3.8, 4) is 11.4 Å². The van der Waals surface area contributed by atoms with Crippen LogP contribution in [-0.4, -0.2) is 57.2 Å². The molecule has 1 amide bonds. The molecule has 0 saturated carbocycles. The van der Waals surface area contributed by atoms with Gasteiger partial charge in [0, 0.05) is 61.3 Å². The molecule has 2 aromatic heterocycles. The maximum atomic E-state index is 13.2. The van der Waals surface area contributed by atoms with E-state index in [2.05, 4.69) is 32.2 Å². The molecule has 7 heteroatoms. The Balaban J connectivity index is 1.26. The van der Waals surface area contributed by atoms with Crippen LogP contribution in [0.5, 0.6) is 0 Å². The second kappa shape index (κ2) is 8.88.